The Morgan fingerprint density at radius 1 is 1.08 bits per heavy atom. The second-order valence-electron chi connectivity index (χ2n) is 5.60. The van der Waals surface area contributed by atoms with Gasteiger partial charge < -0.3 is 15.1 Å². The molecule has 2 aromatic rings. The summed E-state index contributed by atoms with van der Waals surface area (Å²) in [5.74, 6) is -0.587. The van der Waals surface area contributed by atoms with E-state index in [0.717, 1.165) is 18.6 Å². The zero-order chi connectivity index (χ0) is 19.2. The summed E-state index contributed by atoms with van der Waals surface area (Å²) >= 11 is 0. The van der Waals surface area contributed by atoms with Gasteiger partial charge in [-0.05, 0) is 30.7 Å². The van der Waals surface area contributed by atoms with Crippen LogP contribution in [0.3, 0.4) is 0 Å². The molecule has 8 heteroatoms. The Labute approximate surface area is 148 Å². The van der Waals surface area contributed by atoms with Crippen molar-refractivity contribution in [3.05, 3.63) is 47.7 Å². The average Bonchev–Trinajstić information content (AvgIpc) is 3.09. The minimum absolute atomic E-state index is 0.0358. The van der Waals surface area contributed by atoms with Crippen LogP contribution in [0, 0.1) is 0 Å². The van der Waals surface area contributed by atoms with E-state index in [4.69, 9.17) is 4.42 Å². The van der Waals surface area contributed by atoms with Gasteiger partial charge in [-0.3, -0.25) is 9.59 Å². The van der Waals surface area contributed by atoms with Crippen LogP contribution in [0.25, 0.3) is 11.3 Å². The number of rotatable bonds is 7. The van der Waals surface area contributed by atoms with Crippen LogP contribution in [0.2, 0.25) is 0 Å². The summed E-state index contributed by atoms with van der Waals surface area (Å²) in [5.41, 5.74) is -0.576. The summed E-state index contributed by atoms with van der Waals surface area (Å²) in [6.45, 7) is 2.64. The Morgan fingerprint density at radius 2 is 1.85 bits per heavy atom. The van der Waals surface area contributed by atoms with Gasteiger partial charge in [-0.1, -0.05) is 19.1 Å². The summed E-state index contributed by atoms with van der Waals surface area (Å²) < 4.78 is 43.7. The molecule has 0 aliphatic heterocycles. The van der Waals surface area contributed by atoms with Crippen LogP contribution in [0.1, 0.15) is 35.9 Å². The third-order valence-electron chi connectivity index (χ3n) is 3.51. The van der Waals surface area contributed by atoms with Crippen LogP contribution in [0.4, 0.5) is 13.2 Å². The lowest BCUT2D eigenvalue weighted by atomic mass is 10.1. The lowest BCUT2D eigenvalue weighted by Crippen LogP contribution is -2.30. The van der Waals surface area contributed by atoms with Gasteiger partial charge in [0.25, 0.3) is 5.91 Å². The maximum absolute atomic E-state index is 12.8. The van der Waals surface area contributed by atoms with Crippen molar-refractivity contribution in [3.8, 4) is 11.3 Å². The number of furan rings is 1. The normalized spacial score (nSPS) is 11.2. The molecule has 0 bridgehead atoms. The molecule has 2 rings (SSSR count). The highest BCUT2D eigenvalue weighted by Gasteiger charge is 2.30. The SMILES string of the molecule is CCCNC(=O)CCNC(=O)c1ccc(-c2cccc(C(F)(F)F)c2)o1. The first kappa shape index (κ1) is 19.6. The highest BCUT2D eigenvalue weighted by molar-refractivity contribution is 5.92. The zero-order valence-electron chi connectivity index (χ0n) is 14.2. The fourth-order valence-electron chi connectivity index (χ4n) is 2.19. The van der Waals surface area contributed by atoms with E-state index >= 15 is 0 Å². The minimum atomic E-state index is -4.46. The first-order valence-electron chi connectivity index (χ1n) is 8.13. The molecular formula is C18H19F3N2O3. The van der Waals surface area contributed by atoms with Crippen molar-refractivity contribution in [1.82, 2.24) is 10.6 Å². The molecule has 0 radical (unpaired) electrons. The molecule has 1 aromatic heterocycles. The molecule has 0 unspecified atom stereocenters. The van der Waals surface area contributed by atoms with Crippen LogP contribution >= 0.6 is 0 Å². The number of halogens is 3. The van der Waals surface area contributed by atoms with E-state index < -0.39 is 17.6 Å². The van der Waals surface area contributed by atoms with Crippen molar-refractivity contribution in [2.75, 3.05) is 13.1 Å². The van der Waals surface area contributed by atoms with Crippen LogP contribution in [-0.2, 0) is 11.0 Å². The molecule has 2 N–H and O–H groups in total. The summed E-state index contributed by atoms with van der Waals surface area (Å²) in [5, 5.41) is 5.22. The summed E-state index contributed by atoms with van der Waals surface area (Å²) in [6, 6.07) is 7.46. The average molecular weight is 368 g/mol. The topological polar surface area (TPSA) is 71.3 Å². The molecule has 1 aromatic carbocycles. The van der Waals surface area contributed by atoms with Gasteiger partial charge in [-0.2, -0.15) is 13.2 Å². The standard InChI is InChI=1S/C18H19F3N2O3/c1-2-9-22-16(24)8-10-23-17(25)15-7-6-14(26-15)12-4-3-5-13(11-12)18(19,20)21/h3-7,11H,2,8-10H2,1H3,(H,22,24)(H,23,25). The molecule has 140 valence electrons. The second kappa shape index (κ2) is 8.55. The van der Waals surface area contributed by atoms with Crippen LogP contribution < -0.4 is 10.6 Å². The quantitative estimate of drug-likeness (QED) is 0.784. The minimum Gasteiger partial charge on any atom is -0.451 e. The van der Waals surface area contributed by atoms with E-state index in [1.807, 2.05) is 6.92 Å². The van der Waals surface area contributed by atoms with E-state index in [-0.39, 0.29) is 36.0 Å². The van der Waals surface area contributed by atoms with Crippen LogP contribution in [-0.4, -0.2) is 24.9 Å². The van der Waals surface area contributed by atoms with Gasteiger partial charge in [0.1, 0.15) is 5.76 Å². The van der Waals surface area contributed by atoms with Gasteiger partial charge in [0.2, 0.25) is 5.91 Å². The van der Waals surface area contributed by atoms with Gasteiger partial charge in [0, 0.05) is 25.1 Å². The van der Waals surface area contributed by atoms with Gasteiger partial charge in [-0.15, -0.1) is 0 Å². The number of hydrogen-bond acceptors (Lipinski definition) is 3. The maximum Gasteiger partial charge on any atom is 0.416 e. The highest BCUT2D eigenvalue weighted by Crippen LogP contribution is 2.32. The fourth-order valence-corrected chi connectivity index (χ4v) is 2.19. The van der Waals surface area contributed by atoms with Crippen LogP contribution in [0.5, 0.6) is 0 Å². The van der Waals surface area contributed by atoms with Gasteiger partial charge >= 0.3 is 6.18 Å². The Bertz CT molecular complexity index is 769. The Balaban J connectivity index is 1.97. The second-order valence-corrected chi connectivity index (χ2v) is 5.60. The first-order valence-corrected chi connectivity index (χ1v) is 8.13. The highest BCUT2D eigenvalue weighted by atomic mass is 19.4. The smallest absolute Gasteiger partial charge is 0.416 e. The molecule has 1 heterocycles. The predicted octanol–water partition coefficient (Wildman–Crippen LogP) is 3.61. The number of carbonyl (C=O) groups excluding carboxylic acids is 2. The van der Waals surface area contributed by atoms with E-state index in [1.165, 1.54) is 24.3 Å². The number of alkyl halides is 3. The molecule has 5 nitrogen and oxygen atoms in total. The molecule has 26 heavy (non-hydrogen) atoms. The Kier molecular flexibility index (Phi) is 6.43. The monoisotopic (exact) mass is 368 g/mol. The molecule has 0 fully saturated rings. The lowest BCUT2D eigenvalue weighted by Gasteiger charge is -2.07. The third-order valence-corrected chi connectivity index (χ3v) is 3.51. The van der Waals surface area contributed by atoms with Crippen molar-refractivity contribution in [3.63, 3.8) is 0 Å². The van der Waals surface area contributed by atoms with Gasteiger partial charge in [-0.25, -0.2) is 0 Å². The first-order chi connectivity index (χ1) is 12.3. The van der Waals surface area contributed by atoms with E-state index in [2.05, 4.69) is 10.6 Å². The summed E-state index contributed by atoms with van der Waals surface area (Å²) in [4.78, 5) is 23.4. The van der Waals surface area contributed by atoms with Gasteiger partial charge in [0.05, 0.1) is 5.56 Å². The van der Waals surface area contributed by atoms with Crippen molar-refractivity contribution >= 4 is 11.8 Å². The molecule has 0 saturated carbocycles. The number of hydrogen-bond donors (Lipinski definition) is 2. The molecule has 2 amide bonds. The maximum atomic E-state index is 12.8. The fraction of sp³-hybridized carbons (Fsp3) is 0.333. The zero-order valence-corrected chi connectivity index (χ0v) is 14.2. The van der Waals surface area contributed by atoms with Crippen molar-refractivity contribution < 1.29 is 27.2 Å². The molecule has 0 aliphatic rings. The molecule has 0 saturated heterocycles. The van der Waals surface area contributed by atoms with Crippen molar-refractivity contribution in [2.45, 2.75) is 25.9 Å². The summed E-state index contributed by atoms with van der Waals surface area (Å²) in [6.07, 6.45) is -3.50. The number of nitrogens with one attached hydrogen (secondary N) is 2. The van der Waals surface area contributed by atoms with Gasteiger partial charge in [0.15, 0.2) is 5.76 Å². The Morgan fingerprint density at radius 3 is 2.54 bits per heavy atom. The van der Waals surface area contributed by atoms with E-state index in [9.17, 15) is 22.8 Å². The number of benzene rings is 1. The molecule has 0 spiro atoms. The largest absolute Gasteiger partial charge is 0.451 e. The number of carbonyl (C=O) groups is 2. The predicted molar refractivity (Wildman–Crippen MR) is 89.4 cm³/mol. The third kappa shape index (κ3) is 5.37. The lowest BCUT2D eigenvalue weighted by molar-refractivity contribution is -0.137. The van der Waals surface area contributed by atoms with Crippen molar-refractivity contribution in [2.24, 2.45) is 0 Å². The molecule has 0 aliphatic carbocycles. The molecular weight excluding hydrogens is 349 g/mol. The Hall–Kier alpha value is -2.77. The molecule has 0 atom stereocenters. The van der Waals surface area contributed by atoms with E-state index in [0.29, 0.717) is 6.54 Å². The summed E-state index contributed by atoms with van der Waals surface area (Å²) in [7, 11) is 0. The van der Waals surface area contributed by atoms with Crippen molar-refractivity contribution in [1.29, 1.82) is 0 Å². The van der Waals surface area contributed by atoms with Crippen LogP contribution in [0.15, 0.2) is 40.8 Å². The van der Waals surface area contributed by atoms with E-state index in [1.54, 1.807) is 0 Å². The number of amides is 2.